The number of methoxy groups -OCH3 is 1. The first kappa shape index (κ1) is 30.7. The third-order valence-electron chi connectivity index (χ3n) is 8.10. The van der Waals surface area contributed by atoms with Crippen molar-refractivity contribution in [2.75, 3.05) is 13.7 Å². The molecule has 2 aliphatic carbocycles. The molecule has 2 aromatic heterocycles. The first-order valence-corrected chi connectivity index (χ1v) is 14.2. The number of amides is 2. The normalized spacial score (nSPS) is 16.4. The minimum absolute atomic E-state index is 0.143. The van der Waals surface area contributed by atoms with Gasteiger partial charge in [-0.05, 0) is 61.9 Å². The Labute approximate surface area is 257 Å². The molecule has 0 radical (unpaired) electrons. The average Bonchev–Trinajstić information content (AvgIpc) is 3.95. The lowest BCUT2D eigenvalue weighted by Gasteiger charge is -2.30. The van der Waals surface area contributed by atoms with Crippen molar-refractivity contribution in [2.24, 2.45) is 11.7 Å². The molecular formula is C30H25ClF5N5O4. The standard InChI is InChI=1S/C30H25ClF5N5O4/c1-45-20-9-13(8-14-11-41(16-4-5-16)40-25(14)20)27(42)38-12-29(44,15-2-3-15)21-10-18(30(35,36)28(37)43)24(34)26(39-21)17-6-7-19(32)22(31)23(17)33/h6-11,15-16,44H,2-5,12H2,1H3,(H2,37,43)(H,38,42)/t29-/m1/s1. The molecule has 1 atom stereocenters. The van der Waals surface area contributed by atoms with Crippen molar-refractivity contribution in [2.45, 2.75) is 43.2 Å². The fourth-order valence-corrected chi connectivity index (χ4v) is 5.42. The summed E-state index contributed by atoms with van der Waals surface area (Å²) in [6.45, 7) is -0.593. The Morgan fingerprint density at radius 3 is 2.47 bits per heavy atom. The van der Waals surface area contributed by atoms with Crippen LogP contribution >= 0.6 is 11.6 Å². The van der Waals surface area contributed by atoms with Gasteiger partial charge in [-0.2, -0.15) is 13.9 Å². The highest BCUT2D eigenvalue weighted by Gasteiger charge is 2.50. The minimum Gasteiger partial charge on any atom is -0.494 e. The van der Waals surface area contributed by atoms with E-state index in [1.54, 1.807) is 16.9 Å². The number of pyridine rings is 1. The highest BCUT2D eigenvalue weighted by Crippen LogP contribution is 2.47. The maximum absolute atomic E-state index is 15.6. The summed E-state index contributed by atoms with van der Waals surface area (Å²) < 4.78 is 81.6. The summed E-state index contributed by atoms with van der Waals surface area (Å²) in [5.74, 6) is -12.4. The van der Waals surface area contributed by atoms with Gasteiger partial charge in [0.15, 0.2) is 11.6 Å². The number of nitrogens with one attached hydrogen (secondary N) is 1. The van der Waals surface area contributed by atoms with E-state index in [0.717, 1.165) is 18.9 Å². The van der Waals surface area contributed by atoms with Gasteiger partial charge in [-0.3, -0.25) is 14.3 Å². The summed E-state index contributed by atoms with van der Waals surface area (Å²) in [5, 5.41) is 18.5. The van der Waals surface area contributed by atoms with Gasteiger partial charge in [-0.25, -0.2) is 18.2 Å². The molecule has 0 aliphatic heterocycles. The number of hydrogen-bond acceptors (Lipinski definition) is 6. The Morgan fingerprint density at radius 2 is 1.84 bits per heavy atom. The van der Waals surface area contributed by atoms with Crippen LogP contribution in [-0.2, 0) is 16.3 Å². The summed E-state index contributed by atoms with van der Waals surface area (Å²) in [6.07, 6.45) is 4.50. The molecule has 236 valence electrons. The zero-order valence-electron chi connectivity index (χ0n) is 23.5. The van der Waals surface area contributed by atoms with Crippen LogP contribution in [0, 0.1) is 23.4 Å². The second kappa shape index (κ2) is 10.9. The van der Waals surface area contributed by atoms with Gasteiger partial charge in [0.05, 0.1) is 31.0 Å². The number of aromatic nitrogens is 3. The topological polar surface area (TPSA) is 132 Å². The molecule has 2 amide bonds. The predicted molar refractivity (Wildman–Crippen MR) is 151 cm³/mol. The van der Waals surface area contributed by atoms with E-state index in [9.17, 15) is 32.3 Å². The van der Waals surface area contributed by atoms with E-state index in [-0.39, 0.29) is 11.6 Å². The van der Waals surface area contributed by atoms with Crippen LogP contribution in [0.4, 0.5) is 22.0 Å². The van der Waals surface area contributed by atoms with Crippen molar-refractivity contribution in [1.29, 1.82) is 0 Å². The highest BCUT2D eigenvalue weighted by atomic mass is 35.5. The van der Waals surface area contributed by atoms with Crippen molar-refractivity contribution in [1.82, 2.24) is 20.1 Å². The van der Waals surface area contributed by atoms with Gasteiger partial charge in [0, 0.05) is 22.7 Å². The molecule has 4 N–H and O–H groups in total. The van der Waals surface area contributed by atoms with Gasteiger partial charge in [0.1, 0.15) is 33.4 Å². The molecule has 2 heterocycles. The number of nitrogens with zero attached hydrogens (tertiary/aromatic N) is 3. The number of halogens is 6. The van der Waals surface area contributed by atoms with E-state index in [1.165, 1.54) is 13.2 Å². The second-order valence-corrected chi connectivity index (χ2v) is 11.6. The van der Waals surface area contributed by atoms with Crippen molar-refractivity contribution in [3.05, 3.63) is 75.8 Å². The molecule has 4 aromatic rings. The number of alkyl halides is 2. The average molecular weight is 650 g/mol. The largest absolute Gasteiger partial charge is 0.494 e. The Bertz CT molecular complexity index is 1880. The molecular weight excluding hydrogens is 625 g/mol. The molecule has 2 saturated carbocycles. The lowest BCUT2D eigenvalue weighted by Crippen LogP contribution is -2.44. The van der Waals surface area contributed by atoms with Gasteiger partial charge in [0.25, 0.3) is 11.8 Å². The minimum atomic E-state index is -4.62. The Kier molecular flexibility index (Phi) is 7.47. The van der Waals surface area contributed by atoms with Crippen molar-refractivity contribution in [3.63, 3.8) is 0 Å². The van der Waals surface area contributed by atoms with Crippen molar-refractivity contribution < 1.29 is 41.4 Å². The molecule has 15 heteroatoms. The zero-order chi connectivity index (χ0) is 32.4. The number of fused-ring (bicyclic) bond motifs is 1. The third kappa shape index (κ3) is 5.35. The Balaban J connectivity index is 1.40. The molecule has 6 rings (SSSR count). The summed E-state index contributed by atoms with van der Waals surface area (Å²) >= 11 is 5.64. The maximum atomic E-state index is 15.6. The summed E-state index contributed by atoms with van der Waals surface area (Å²) in [6, 6.07) is 5.16. The fourth-order valence-electron chi connectivity index (χ4n) is 5.26. The lowest BCUT2D eigenvalue weighted by molar-refractivity contribution is -0.143. The van der Waals surface area contributed by atoms with Crippen LogP contribution in [0.5, 0.6) is 5.75 Å². The van der Waals surface area contributed by atoms with E-state index in [0.29, 0.717) is 41.6 Å². The molecule has 2 fully saturated rings. The van der Waals surface area contributed by atoms with E-state index >= 15 is 4.39 Å². The van der Waals surface area contributed by atoms with Gasteiger partial charge >= 0.3 is 5.92 Å². The van der Waals surface area contributed by atoms with E-state index in [4.69, 9.17) is 22.1 Å². The first-order valence-electron chi connectivity index (χ1n) is 13.9. The molecule has 2 aromatic carbocycles. The number of nitrogens with two attached hydrogens (primary N) is 1. The summed E-state index contributed by atoms with van der Waals surface area (Å²) in [5.41, 5.74) is -0.716. The number of primary amides is 1. The highest BCUT2D eigenvalue weighted by molar-refractivity contribution is 6.31. The van der Waals surface area contributed by atoms with Gasteiger partial charge in [-0.15, -0.1) is 0 Å². The number of carbonyl (C=O) groups is 2. The molecule has 45 heavy (non-hydrogen) atoms. The Morgan fingerprint density at radius 1 is 1.13 bits per heavy atom. The van der Waals surface area contributed by atoms with E-state index in [2.05, 4.69) is 15.4 Å². The number of benzene rings is 2. The Hall–Kier alpha value is -4.30. The number of hydrogen-bond donors (Lipinski definition) is 3. The summed E-state index contributed by atoms with van der Waals surface area (Å²) in [4.78, 5) is 29.0. The van der Waals surface area contributed by atoms with Gasteiger partial charge in [0.2, 0.25) is 0 Å². The smallest absolute Gasteiger partial charge is 0.352 e. The zero-order valence-corrected chi connectivity index (χ0v) is 24.3. The number of rotatable bonds is 10. The molecule has 2 aliphatic rings. The molecule has 0 saturated heterocycles. The fraction of sp³-hybridized carbons (Fsp3) is 0.333. The second-order valence-electron chi connectivity index (χ2n) is 11.2. The van der Waals surface area contributed by atoms with Gasteiger partial charge < -0.3 is 20.9 Å². The van der Waals surface area contributed by atoms with E-state index < -0.39 is 80.8 Å². The maximum Gasteiger partial charge on any atom is 0.352 e. The monoisotopic (exact) mass is 649 g/mol. The number of aliphatic hydroxyl groups is 1. The predicted octanol–water partition coefficient (Wildman–Crippen LogP) is 5.12. The molecule has 0 bridgehead atoms. The van der Waals surface area contributed by atoms with Crippen molar-refractivity contribution in [3.8, 4) is 17.0 Å². The van der Waals surface area contributed by atoms with Gasteiger partial charge in [-0.1, -0.05) is 11.6 Å². The van der Waals surface area contributed by atoms with Crippen LogP contribution in [0.3, 0.4) is 0 Å². The van der Waals surface area contributed by atoms with E-state index in [1.807, 2.05) is 0 Å². The first-order chi connectivity index (χ1) is 21.3. The van der Waals surface area contributed by atoms with Crippen LogP contribution in [0.1, 0.15) is 53.3 Å². The molecule has 0 spiro atoms. The number of ether oxygens (including phenoxy) is 1. The quantitative estimate of drug-likeness (QED) is 0.162. The van der Waals surface area contributed by atoms with Crippen LogP contribution in [0.2, 0.25) is 5.02 Å². The molecule has 0 unspecified atom stereocenters. The van der Waals surface area contributed by atoms with Crippen molar-refractivity contribution >= 4 is 34.3 Å². The SMILES string of the molecule is COc1cc(C(=O)NC[C@](O)(c2cc(C(F)(F)C(N)=O)c(F)c(-c3ccc(F)c(Cl)c3F)n2)C2CC2)cc2cn(C3CC3)nc12. The van der Waals surface area contributed by atoms with Crippen LogP contribution < -0.4 is 15.8 Å². The third-order valence-corrected chi connectivity index (χ3v) is 8.45. The molecule has 9 nitrogen and oxygen atoms in total. The number of carbonyl (C=O) groups excluding carboxylic acids is 2. The van der Waals surface area contributed by atoms with Crippen LogP contribution in [0.25, 0.3) is 22.2 Å². The van der Waals surface area contributed by atoms with Crippen LogP contribution in [0.15, 0.2) is 36.5 Å². The summed E-state index contributed by atoms with van der Waals surface area (Å²) in [7, 11) is 1.42. The van der Waals surface area contributed by atoms with Crippen LogP contribution in [-0.4, -0.2) is 45.3 Å². The lowest BCUT2D eigenvalue weighted by atomic mass is 9.89.